The predicted molar refractivity (Wildman–Crippen MR) is 74.3 cm³/mol. The number of carbonyl (C=O) groups is 1. The summed E-state index contributed by atoms with van der Waals surface area (Å²) >= 11 is 1.54. The molecule has 0 atom stereocenters. The lowest BCUT2D eigenvalue weighted by Gasteiger charge is -2.26. The highest BCUT2D eigenvalue weighted by molar-refractivity contribution is 7.13. The lowest BCUT2D eigenvalue weighted by atomic mass is 10.1. The third-order valence-corrected chi connectivity index (χ3v) is 3.99. The van der Waals surface area contributed by atoms with Crippen LogP contribution in [0.2, 0.25) is 0 Å². The van der Waals surface area contributed by atoms with Crippen molar-refractivity contribution >= 4 is 22.9 Å². The topological polar surface area (TPSA) is 68.5 Å². The molecular weight excluding hydrogens is 262 g/mol. The fourth-order valence-corrected chi connectivity index (χ4v) is 2.77. The molecule has 6 heteroatoms. The summed E-state index contributed by atoms with van der Waals surface area (Å²) in [6, 6.07) is 5.74. The second-order valence-corrected chi connectivity index (χ2v) is 5.13. The maximum absolute atomic E-state index is 11.6. The zero-order valence-corrected chi connectivity index (χ0v) is 11.2. The smallest absolute Gasteiger partial charge is 0.264 e. The van der Waals surface area contributed by atoms with Gasteiger partial charge >= 0.3 is 0 Å². The molecule has 0 aliphatic carbocycles. The highest BCUT2D eigenvalue weighted by atomic mass is 32.1. The van der Waals surface area contributed by atoms with Crippen molar-refractivity contribution in [2.45, 2.75) is 6.54 Å². The first kappa shape index (κ1) is 12.1. The van der Waals surface area contributed by atoms with Gasteiger partial charge in [-0.15, -0.1) is 11.3 Å². The number of nitrogens with two attached hydrogens (primary N) is 1. The van der Waals surface area contributed by atoms with Gasteiger partial charge in [0.1, 0.15) is 10.8 Å². The van der Waals surface area contributed by atoms with Crippen LogP contribution in [-0.4, -0.2) is 24.5 Å². The zero-order valence-electron chi connectivity index (χ0n) is 10.4. The molecule has 0 fully saturated rings. The van der Waals surface area contributed by atoms with Crippen LogP contribution in [0.15, 0.2) is 23.6 Å². The Hall–Kier alpha value is -1.92. The number of thiazole rings is 1. The summed E-state index contributed by atoms with van der Waals surface area (Å²) in [6.45, 7) is 0.528. The molecule has 2 aromatic rings. The maximum Gasteiger partial charge on any atom is 0.264 e. The average molecular weight is 275 g/mol. The van der Waals surface area contributed by atoms with Crippen molar-refractivity contribution in [3.8, 4) is 16.3 Å². The number of aromatic nitrogens is 1. The maximum atomic E-state index is 11.6. The van der Waals surface area contributed by atoms with Crippen molar-refractivity contribution in [2.75, 3.05) is 18.6 Å². The van der Waals surface area contributed by atoms with Crippen LogP contribution < -0.4 is 15.4 Å². The molecule has 2 N–H and O–H groups in total. The van der Waals surface area contributed by atoms with E-state index in [0.717, 1.165) is 27.7 Å². The number of amides is 1. The van der Waals surface area contributed by atoms with Gasteiger partial charge in [-0.05, 0) is 18.2 Å². The fraction of sp³-hybridized carbons (Fsp3) is 0.231. The molecule has 5 nitrogen and oxygen atoms in total. The van der Waals surface area contributed by atoms with Gasteiger partial charge < -0.3 is 15.4 Å². The Morgan fingerprint density at radius 3 is 3.11 bits per heavy atom. The van der Waals surface area contributed by atoms with Crippen LogP contribution in [-0.2, 0) is 11.3 Å². The number of hydrogen-bond donors (Lipinski definition) is 1. The average Bonchev–Trinajstić information content (AvgIpc) is 2.92. The van der Waals surface area contributed by atoms with Crippen molar-refractivity contribution in [3.05, 3.63) is 29.3 Å². The second-order valence-electron chi connectivity index (χ2n) is 4.27. The van der Waals surface area contributed by atoms with Gasteiger partial charge in [0.05, 0.1) is 11.4 Å². The highest BCUT2D eigenvalue weighted by Gasteiger charge is 2.22. The summed E-state index contributed by atoms with van der Waals surface area (Å²) in [7, 11) is 1.75. The number of likely N-dealkylation sites (N-methyl/N-ethyl adjacent to an activating group) is 1. The first-order chi connectivity index (χ1) is 9.19. The fourth-order valence-electron chi connectivity index (χ4n) is 1.94. The van der Waals surface area contributed by atoms with Gasteiger partial charge in [-0.3, -0.25) is 4.79 Å². The summed E-state index contributed by atoms with van der Waals surface area (Å²) in [5, 5.41) is 2.84. The first-order valence-corrected chi connectivity index (χ1v) is 6.75. The number of hydrogen-bond acceptors (Lipinski definition) is 5. The molecule has 3 rings (SSSR count). The Kier molecular flexibility index (Phi) is 2.96. The van der Waals surface area contributed by atoms with Gasteiger partial charge in [0.15, 0.2) is 6.61 Å². The van der Waals surface area contributed by atoms with Crippen LogP contribution in [0.1, 0.15) is 5.69 Å². The lowest BCUT2D eigenvalue weighted by Crippen LogP contribution is -2.35. The molecule has 1 aromatic heterocycles. The molecule has 2 heterocycles. The summed E-state index contributed by atoms with van der Waals surface area (Å²) in [4.78, 5) is 17.7. The number of ether oxygens (including phenoxy) is 1. The third-order valence-electron chi connectivity index (χ3n) is 3.05. The second kappa shape index (κ2) is 4.64. The SMILES string of the molecule is CN1C(=O)COc2ccc(-c3nc(CN)cs3)cc21. The number of carbonyl (C=O) groups excluding carboxylic acids is 1. The van der Waals surface area contributed by atoms with E-state index in [1.165, 1.54) is 0 Å². The molecular formula is C13H13N3O2S. The van der Waals surface area contributed by atoms with Crippen molar-refractivity contribution < 1.29 is 9.53 Å². The molecule has 1 amide bonds. The minimum Gasteiger partial charge on any atom is -0.482 e. The number of nitrogens with zero attached hydrogens (tertiary/aromatic N) is 2. The molecule has 0 saturated carbocycles. The summed E-state index contributed by atoms with van der Waals surface area (Å²) in [5.74, 6) is 0.674. The van der Waals surface area contributed by atoms with Crippen LogP contribution in [0.4, 0.5) is 5.69 Å². The van der Waals surface area contributed by atoms with E-state index < -0.39 is 0 Å². The van der Waals surface area contributed by atoms with Gasteiger partial charge in [0, 0.05) is 24.5 Å². The third kappa shape index (κ3) is 2.09. The number of rotatable bonds is 2. The van der Waals surface area contributed by atoms with Gasteiger partial charge in [-0.2, -0.15) is 0 Å². The molecule has 1 aromatic carbocycles. The van der Waals surface area contributed by atoms with Crippen LogP contribution in [0.25, 0.3) is 10.6 Å². The van der Waals surface area contributed by atoms with Crippen LogP contribution >= 0.6 is 11.3 Å². The number of fused-ring (bicyclic) bond motifs is 1. The Labute approximate surface area is 114 Å². The van der Waals surface area contributed by atoms with E-state index in [-0.39, 0.29) is 12.5 Å². The van der Waals surface area contributed by atoms with Crippen molar-refractivity contribution in [1.29, 1.82) is 0 Å². The normalized spacial score (nSPS) is 14.2. The molecule has 1 aliphatic heterocycles. The van der Waals surface area contributed by atoms with E-state index in [0.29, 0.717) is 6.54 Å². The Morgan fingerprint density at radius 1 is 1.53 bits per heavy atom. The van der Waals surface area contributed by atoms with Crippen LogP contribution in [0, 0.1) is 0 Å². The zero-order chi connectivity index (χ0) is 13.4. The lowest BCUT2D eigenvalue weighted by molar-refractivity contribution is -0.120. The van der Waals surface area contributed by atoms with Gasteiger partial charge in [0.2, 0.25) is 0 Å². The van der Waals surface area contributed by atoms with Crippen LogP contribution in [0.3, 0.4) is 0 Å². The molecule has 0 spiro atoms. The van der Waals surface area contributed by atoms with E-state index >= 15 is 0 Å². The molecule has 0 unspecified atom stereocenters. The van der Waals surface area contributed by atoms with E-state index in [1.54, 1.807) is 23.3 Å². The molecule has 0 radical (unpaired) electrons. The Morgan fingerprint density at radius 2 is 2.37 bits per heavy atom. The largest absolute Gasteiger partial charge is 0.482 e. The Bertz CT molecular complexity index is 639. The molecule has 1 aliphatic rings. The van der Waals surface area contributed by atoms with Gasteiger partial charge in [-0.25, -0.2) is 4.98 Å². The standard InChI is InChI=1S/C13H13N3O2S/c1-16-10-4-8(13-15-9(5-14)7-19-13)2-3-11(10)18-6-12(16)17/h2-4,7H,5-6,14H2,1H3. The van der Waals surface area contributed by atoms with E-state index in [1.807, 2.05) is 23.6 Å². The van der Waals surface area contributed by atoms with Crippen molar-refractivity contribution in [3.63, 3.8) is 0 Å². The minimum atomic E-state index is -0.0496. The van der Waals surface area contributed by atoms with E-state index in [9.17, 15) is 4.79 Å². The van der Waals surface area contributed by atoms with Crippen molar-refractivity contribution in [2.24, 2.45) is 5.73 Å². The van der Waals surface area contributed by atoms with Crippen LogP contribution in [0.5, 0.6) is 5.75 Å². The summed E-state index contributed by atoms with van der Waals surface area (Å²) < 4.78 is 5.40. The monoisotopic (exact) mass is 275 g/mol. The highest BCUT2D eigenvalue weighted by Crippen LogP contribution is 2.36. The number of benzene rings is 1. The van der Waals surface area contributed by atoms with E-state index in [4.69, 9.17) is 10.5 Å². The quantitative estimate of drug-likeness (QED) is 0.904. The summed E-state index contributed by atoms with van der Waals surface area (Å²) in [5.41, 5.74) is 8.18. The molecule has 0 bridgehead atoms. The molecule has 98 valence electrons. The minimum absolute atomic E-state index is 0.0496. The van der Waals surface area contributed by atoms with Gasteiger partial charge in [-0.1, -0.05) is 0 Å². The number of anilines is 1. The first-order valence-electron chi connectivity index (χ1n) is 5.87. The molecule has 19 heavy (non-hydrogen) atoms. The summed E-state index contributed by atoms with van der Waals surface area (Å²) in [6.07, 6.45) is 0. The molecule has 0 saturated heterocycles. The van der Waals surface area contributed by atoms with E-state index in [2.05, 4.69) is 4.98 Å². The van der Waals surface area contributed by atoms with Crippen molar-refractivity contribution in [1.82, 2.24) is 4.98 Å². The predicted octanol–water partition coefficient (Wildman–Crippen LogP) is 1.62. The Balaban J connectivity index is 2.03. The van der Waals surface area contributed by atoms with Gasteiger partial charge in [0.25, 0.3) is 5.91 Å².